The van der Waals surface area contributed by atoms with E-state index in [4.69, 9.17) is 17.4 Å². The predicted octanol–water partition coefficient (Wildman–Crippen LogP) is 0.799. The Morgan fingerprint density at radius 3 is 2.90 bits per heavy atom. The van der Waals surface area contributed by atoms with Gasteiger partial charge in [-0.1, -0.05) is 11.6 Å². The average Bonchev–Trinajstić information content (AvgIpc) is 2.48. The first-order chi connectivity index (χ1) is 9.70. The Bertz CT molecular complexity index is 467. The SMILES string of the molecule is NNc1ccc(Cl)c(C(=O)NCCN2CCSCC2)n1. The highest BCUT2D eigenvalue weighted by atomic mass is 35.5. The molecule has 20 heavy (non-hydrogen) atoms. The molecule has 0 bridgehead atoms. The lowest BCUT2D eigenvalue weighted by Gasteiger charge is -2.25. The molecule has 1 aliphatic rings. The van der Waals surface area contributed by atoms with E-state index in [-0.39, 0.29) is 11.6 Å². The van der Waals surface area contributed by atoms with Crippen molar-refractivity contribution in [3.63, 3.8) is 0 Å². The summed E-state index contributed by atoms with van der Waals surface area (Å²) in [5, 5.41) is 3.15. The summed E-state index contributed by atoms with van der Waals surface area (Å²) in [6.07, 6.45) is 0. The van der Waals surface area contributed by atoms with Crippen LogP contribution in [0.4, 0.5) is 5.82 Å². The smallest absolute Gasteiger partial charge is 0.271 e. The zero-order valence-electron chi connectivity index (χ0n) is 11.1. The molecule has 8 heteroatoms. The number of thioether (sulfide) groups is 1. The minimum Gasteiger partial charge on any atom is -0.349 e. The number of pyridine rings is 1. The van der Waals surface area contributed by atoms with E-state index in [2.05, 4.69) is 20.6 Å². The molecule has 0 saturated carbocycles. The molecule has 0 atom stereocenters. The van der Waals surface area contributed by atoms with Gasteiger partial charge in [-0.25, -0.2) is 10.8 Å². The van der Waals surface area contributed by atoms with Crippen molar-refractivity contribution < 1.29 is 4.79 Å². The fourth-order valence-corrected chi connectivity index (χ4v) is 3.09. The monoisotopic (exact) mass is 315 g/mol. The highest BCUT2D eigenvalue weighted by Crippen LogP contribution is 2.16. The summed E-state index contributed by atoms with van der Waals surface area (Å²) >= 11 is 7.94. The van der Waals surface area contributed by atoms with Crippen LogP contribution in [0.5, 0.6) is 0 Å². The van der Waals surface area contributed by atoms with E-state index < -0.39 is 0 Å². The van der Waals surface area contributed by atoms with Crippen LogP contribution in [0.3, 0.4) is 0 Å². The number of hydrazine groups is 1. The second kappa shape index (κ2) is 7.68. The number of nitrogens with two attached hydrogens (primary N) is 1. The van der Waals surface area contributed by atoms with Crippen LogP contribution >= 0.6 is 23.4 Å². The van der Waals surface area contributed by atoms with Crippen LogP contribution in [-0.4, -0.2) is 53.5 Å². The first-order valence-corrected chi connectivity index (χ1v) is 7.95. The molecule has 1 amide bonds. The first kappa shape index (κ1) is 15.4. The summed E-state index contributed by atoms with van der Waals surface area (Å²) in [7, 11) is 0. The number of rotatable bonds is 5. The molecule has 0 radical (unpaired) electrons. The van der Waals surface area contributed by atoms with Crippen LogP contribution < -0.4 is 16.6 Å². The van der Waals surface area contributed by atoms with E-state index in [1.54, 1.807) is 12.1 Å². The van der Waals surface area contributed by atoms with E-state index in [0.29, 0.717) is 17.4 Å². The predicted molar refractivity (Wildman–Crippen MR) is 83.2 cm³/mol. The van der Waals surface area contributed by atoms with Gasteiger partial charge in [-0.15, -0.1) is 0 Å². The zero-order chi connectivity index (χ0) is 14.4. The second-order valence-corrected chi connectivity index (χ2v) is 6.01. The minimum absolute atomic E-state index is 0.191. The molecule has 0 aromatic carbocycles. The molecule has 110 valence electrons. The van der Waals surface area contributed by atoms with Crippen molar-refractivity contribution in [3.05, 3.63) is 22.8 Å². The Morgan fingerprint density at radius 2 is 2.20 bits per heavy atom. The first-order valence-electron chi connectivity index (χ1n) is 6.42. The van der Waals surface area contributed by atoms with E-state index >= 15 is 0 Å². The number of nitrogens with zero attached hydrogens (tertiary/aromatic N) is 2. The Hall–Kier alpha value is -1.02. The van der Waals surface area contributed by atoms with Crippen molar-refractivity contribution in [2.24, 2.45) is 5.84 Å². The summed E-state index contributed by atoms with van der Waals surface area (Å²) in [6, 6.07) is 3.21. The topological polar surface area (TPSA) is 83.3 Å². The standard InChI is InChI=1S/C12H18ClN5OS/c13-9-1-2-10(17-14)16-11(9)12(19)15-3-4-18-5-7-20-8-6-18/h1-2H,3-8,14H2,(H,15,19)(H,16,17). The van der Waals surface area contributed by atoms with Gasteiger partial charge in [0.05, 0.1) is 5.02 Å². The molecule has 1 aliphatic heterocycles. The van der Waals surface area contributed by atoms with Gasteiger partial charge in [0.25, 0.3) is 5.91 Å². The Labute approximate surface area is 127 Å². The van der Waals surface area contributed by atoms with Crippen molar-refractivity contribution in [2.75, 3.05) is 43.1 Å². The number of nitrogen functional groups attached to an aromatic ring is 1. The number of aromatic nitrogens is 1. The molecule has 4 N–H and O–H groups in total. The number of hydrogen-bond acceptors (Lipinski definition) is 6. The maximum Gasteiger partial charge on any atom is 0.271 e. The fourth-order valence-electron chi connectivity index (χ4n) is 1.92. The molecular weight excluding hydrogens is 298 g/mol. The minimum atomic E-state index is -0.279. The lowest BCUT2D eigenvalue weighted by molar-refractivity contribution is 0.0944. The highest BCUT2D eigenvalue weighted by Gasteiger charge is 2.14. The quantitative estimate of drug-likeness (QED) is 0.551. The van der Waals surface area contributed by atoms with Gasteiger partial charge in [0.2, 0.25) is 0 Å². The third kappa shape index (κ3) is 4.24. The van der Waals surface area contributed by atoms with Gasteiger partial charge < -0.3 is 10.7 Å². The fraction of sp³-hybridized carbons (Fsp3) is 0.500. The molecule has 1 aromatic heterocycles. The van der Waals surface area contributed by atoms with Gasteiger partial charge in [0, 0.05) is 37.7 Å². The summed E-state index contributed by atoms with van der Waals surface area (Å²) in [5.41, 5.74) is 2.59. The van der Waals surface area contributed by atoms with Gasteiger partial charge in [-0.3, -0.25) is 9.69 Å². The maximum absolute atomic E-state index is 12.0. The van der Waals surface area contributed by atoms with Crippen molar-refractivity contribution in [2.45, 2.75) is 0 Å². The molecule has 2 heterocycles. The molecule has 1 fully saturated rings. The molecule has 0 unspecified atom stereocenters. The Balaban J connectivity index is 1.84. The van der Waals surface area contributed by atoms with Crippen LogP contribution in [0.1, 0.15) is 10.5 Å². The number of anilines is 1. The van der Waals surface area contributed by atoms with Gasteiger partial charge in [-0.2, -0.15) is 11.8 Å². The number of hydrogen-bond donors (Lipinski definition) is 3. The molecule has 1 saturated heterocycles. The number of carbonyl (C=O) groups is 1. The van der Waals surface area contributed by atoms with Crippen LogP contribution in [0.2, 0.25) is 5.02 Å². The number of amides is 1. The van der Waals surface area contributed by atoms with E-state index in [1.165, 1.54) is 0 Å². The van der Waals surface area contributed by atoms with Crippen molar-refractivity contribution in [1.82, 2.24) is 15.2 Å². The highest BCUT2D eigenvalue weighted by molar-refractivity contribution is 7.99. The number of carbonyl (C=O) groups excluding carboxylic acids is 1. The normalized spacial score (nSPS) is 15.9. The molecule has 0 aliphatic carbocycles. The van der Waals surface area contributed by atoms with E-state index in [0.717, 1.165) is 31.1 Å². The molecule has 0 spiro atoms. The number of halogens is 1. The maximum atomic E-state index is 12.0. The van der Waals surface area contributed by atoms with Crippen LogP contribution in [-0.2, 0) is 0 Å². The van der Waals surface area contributed by atoms with Gasteiger partial charge in [0.1, 0.15) is 11.5 Å². The third-order valence-corrected chi connectivity index (χ3v) is 4.27. The summed E-state index contributed by atoms with van der Waals surface area (Å²) in [6.45, 7) is 3.58. The third-order valence-electron chi connectivity index (χ3n) is 3.03. The average molecular weight is 316 g/mol. The molecule has 2 rings (SSSR count). The zero-order valence-corrected chi connectivity index (χ0v) is 12.6. The largest absolute Gasteiger partial charge is 0.349 e. The Morgan fingerprint density at radius 1 is 1.45 bits per heavy atom. The summed E-state index contributed by atoms with van der Waals surface area (Å²) < 4.78 is 0. The van der Waals surface area contributed by atoms with Crippen LogP contribution in [0.15, 0.2) is 12.1 Å². The van der Waals surface area contributed by atoms with Gasteiger partial charge >= 0.3 is 0 Å². The lowest BCUT2D eigenvalue weighted by atomic mass is 10.3. The number of nitrogens with one attached hydrogen (secondary N) is 2. The lowest BCUT2D eigenvalue weighted by Crippen LogP contribution is -2.39. The van der Waals surface area contributed by atoms with Crippen LogP contribution in [0, 0.1) is 0 Å². The Kier molecular flexibility index (Phi) is 5.90. The molecule has 1 aromatic rings. The van der Waals surface area contributed by atoms with Crippen molar-refractivity contribution >= 4 is 35.1 Å². The molecular formula is C12H18ClN5OS. The van der Waals surface area contributed by atoms with E-state index in [1.807, 2.05) is 11.8 Å². The van der Waals surface area contributed by atoms with E-state index in [9.17, 15) is 4.79 Å². The second-order valence-electron chi connectivity index (χ2n) is 4.38. The van der Waals surface area contributed by atoms with Crippen molar-refractivity contribution in [1.29, 1.82) is 0 Å². The van der Waals surface area contributed by atoms with Gasteiger partial charge in [-0.05, 0) is 12.1 Å². The van der Waals surface area contributed by atoms with Crippen LogP contribution in [0.25, 0.3) is 0 Å². The van der Waals surface area contributed by atoms with Crippen molar-refractivity contribution in [3.8, 4) is 0 Å². The summed E-state index contributed by atoms with van der Waals surface area (Å²) in [5.74, 6) is 7.72. The molecule has 6 nitrogen and oxygen atoms in total. The summed E-state index contributed by atoms with van der Waals surface area (Å²) in [4.78, 5) is 18.4. The van der Waals surface area contributed by atoms with Gasteiger partial charge in [0.15, 0.2) is 0 Å².